The van der Waals surface area contributed by atoms with Crippen LogP contribution in [0.3, 0.4) is 0 Å². The quantitative estimate of drug-likeness (QED) is 0.417. The molecule has 0 aliphatic rings. The van der Waals surface area contributed by atoms with Crippen LogP contribution in [0.15, 0.2) is 23.0 Å². The number of aryl methyl sites for hydroxylation is 1. The van der Waals surface area contributed by atoms with Gasteiger partial charge in [0.15, 0.2) is 0 Å². The normalized spacial score (nSPS) is 10.7. The molecule has 14 heavy (non-hydrogen) atoms. The van der Waals surface area contributed by atoms with Crippen LogP contribution < -0.4 is 5.56 Å². The van der Waals surface area contributed by atoms with Gasteiger partial charge in [-0.1, -0.05) is 12.1 Å². The van der Waals surface area contributed by atoms with E-state index in [1.165, 1.54) is 3.55 Å². The fourth-order valence-electron chi connectivity index (χ4n) is 1.38. The molecule has 0 bridgehead atoms. The highest BCUT2D eigenvalue weighted by atomic mass is 127. The summed E-state index contributed by atoms with van der Waals surface area (Å²) in [6.45, 7) is 1.92. The molecule has 0 unspecified atom stereocenters. The summed E-state index contributed by atoms with van der Waals surface area (Å²) >= 11 is 4.42. The monoisotopic (exact) mass is 312 g/mol. The average molecular weight is 312 g/mol. The summed E-state index contributed by atoms with van der Waals surface area (Å²) in [4.78, 5) is 16.2. The summed E-state index contributed by atoms with van der Waals surface area (Å²) in [5.74, 6) is 0. The first-order valence-electron chi connectivity index (χ1n) is 4.04. The molecular formula is C9H6AlIN2O. The van der Waals surface area contributed by atoms with Crippen LogP contribution in [0.25, 0.3) is 10.9 Å². The standard InChI is InChI=1S/C9H7IN2O.Al/c1-5-3-2-4-6-7(5)8(13)12-9(10)11-6;/h2-4H,1H3,(H,11,12,13);/q;+1/p-1. The van der Waals surface area contributed by atoms with Crippen LogP contribution in [0.1, 0.15) is 5.56 Å². The molecule has 1 aromatic heterocycles. The van der Waals surface area contributed by atoms with Gasteiger partial charge in [0.1, 0.15) is 3.83 Å². The zero-order chi connectivity index (χ0) is 10.3. The van der Waals surface area contributed by atoms with E-state index in [0.29, 0.717) is 9.22 Å². The first-order chi connectivity index (χ1) is 6.61. The molecule has 0 saturated carbocycles. The molecule has 1 aromatic carbocycles. The molecule has 3 nitrogen and oxygen atoms in total. The maximum absolute atomic E-state index is 11.9. The van der Waals surface area contributed by atoms with Gasteiger partial charge < -0.3 is 3.55 Å². The number of hydrogen-bond donors (Lipinski definition) is 0. The Kier molecular flexibility index (Phi) is 2.64. The van der Waals surface area contributed by atoms with E-state index < -0.39 is 0 Å². The van der Waals surface area contributed by atoms with E-state index in [1.807, 2.05) is 47.7 Å². The molecule has 0 aliphatic heterocycles. The van der Waals surface area contributed by atoms with Gasteiger partial charge in [-0.2, -0.15) is 0 Å². The van der Waals surface area contributed by atoms with E-state index in [-0.39, 0.29) is 5.56 Å². The maximum atomic E-state index is 11.9. The van der Waals surface area contributed by atoms with E-state index in [1.54, 1.807) is 0 Å². The van der Waals surface area contributed by atoms with Crippen LogP contribution in [0.5, 0.6) is 0 Å². The van der Waals surface area contributed by atoms with Gasteiger partial charge in [0.2, 0.25) is 5.56 Å². The second-order valence-electron chi connectivity index (χ2n) is 3.03. The Morgan fingerprint density at radius 3 is 2.93 bits per heavy atom. The fourth-order valence-corrected chi connectivity index (χ4v) is 2.05. The molecule has 68 valence electrons. The third-order valence-electron chi connectivity index (χ3n) is 2.09. The molecule has 2 radical (unpaired) electrons. The third-order valence-corrected chi connectivity index (χ3v) is 3.86. The highest BCUT2D eigenvalue weighted by molar-refractivity contribution is 14.1. The van der Waals surface area contributed by atoms with E-state index in [2.05, 4.69) is 21.5 Å². The van der Waals surface area contributed by atoms with Crippen molar-refractivity contribution in [1.29, 1.82) is 0 Å². The Bertz CT molecular complexity index is 564. The minimum Gasteiger partial charge on any atom is -0.402 e. The summed E-state index contributed by atoms with van der Waals surface area (Å²) in [6, 6.07) is 5.69. The van der Waals surface area contributed by atoms with E-state index >= 15 is 0 Å². The Labute approximate surface area is 103 Å². The molecule has 1 heterocycles. The Morgan fingerprint density at radius 1 is 1.50 bits per heavy atom. The van der Waals surface area contributed by atoms with Crippen LogP contribution in [-0.2, 0) is 0 Å². The molecule has 0 aliphatic carbocycles. The number of fused-ring (bicyclic) bond motifs is 1. The first-order valence-corrected chi connectivity index (χ1v) is 5.63. The molecule has 2 aromatic rings. The zero-order valence-corrected chi connectivity index (χ0v) is 10.8. The zero-order valence-electron chi connectivity index (χ0n) is 7.49. The SMILES string of the molecule is Cc1cccc2nc(I)[n]([Al])c(=O)c12. The van der Waals surface area contributed by atoms with Crippen LogP contribution in [0.2, 0.25) is 0 Å². The van der Waals surface area contributed by atoms with Crippen molar-refractivity contribution in [1.82, 2.24) is 8.53 Å². The van der Waals surface area contributed by atoms with Crippen LogP contribution in [-0.4, -0.2) is 25.0 Å². The summed E-state index contributed by atoms with van der Waals surface area (Å²) in [5.41, 5.74) is 1.72. The second kappa shape index (κ2) is 3.65. The molecular weight excluding hydrogens is 306 g/mol. The lowest BCUT2D eigenvalue weighted by Crippen LogP contribution is -2.23. The van der Waals surface area contributed by atoms with Gasteiger partial charge in [0, 0.05) is 0 Å². The van der Waals surface area contributed by atoms with Crippen molar-refractivity contribution in [2.75, 3.05) is 0 Å². The predicted molar refractivity (Wildman–Crippen MR) is 64.6 cm³/mol. The van der Waals surface area contributed by atoms with Gasteiger partial charge in [-0.25, -0.2) is 4.98 Å². The highest BCUT2D eigenvalue weighted by Crippen LogP contribution is 2.12. The van der Waals surface area contributed by atoms with E-state index in [0.717, 1.165) is 11.1 Å². The van der Waals surface area contributed by atoms with Crippen molar-refractivity contribution < 1.29 is 0 Å². The number of hydrogen-bond acceptors (Lipinski definition) is 2. The first kappa shape index (κ1) is 10.2. The lowest BCUT2D eigenvalue weighted by Gasteiger charge is -2.06. The molecule has 0 saturated heterocycles. The van der Waals surface area contributed by atoms with Gasteiger partial charge in [0.05, 0.1) is 10.9 Å². The Hall–Kier alpha value is -0.378. The second-order valence-corrected chi connectivity index (χ2v) is 4.51. The minimum atomic E-state index is -0.0116. The average Bonchev–Trinajstić information content (AvgIpc) is 2.14. The Balaban J connectivity index is 3.07. The van der Waals surface area contributed by atoms with Crippen LogP contribution in [0.4, 0.5) is 0 Å². The van der Waals surface area contributed by atoms with Gasteiger partial charge in [-0.05, 0) is 41.1 Å². The van der Waals surface area contributed by atoms with Crippen molar-refractivity contribution in [3.63, 3.8) is 0 Å². The molecule has 0 N–H and O–H groups in total. The number of aromatic nitrogens is 2. The molecule has 5 heteroatoms. The number of rotatable bonds is 0. The van der Waals surface area contributed by atoms with E-state index in [4.69, 9.17) is 0 Å². The molecule has 0 amide bonds. The molecule has 0 atom stereocenters. The van der Waals surface area contributed by atoms with Crippen molar-refractivity contribution in [2.24, 2.45) is 0 Å². The van der Waals surface area contributed by atoms with Crippen molar-refractivity contribution in [3.8, 4) is 0 Å². The summed E-state index contributed by atoms with van der Waals surface area (Å²) < 4.78 is 2.16. The topological polar surface area (TPSA) is 34.9 Å². The summed E-state index contributed by atoms with van der Waals surface area (Å²) in [7, 11) is 0. The molecule has 0 spiro atoms. The minimum absolute atomic E-state index is 0.0116. The van der Waals surface area contributed by atoms with Gasteiger partial charge >= 0.3 is 16.5 Å². The van der Waals surface area contributed by atoms with E-state index in [9.17, 15) is 4.79 Å². The maximum Gasteiger partial charge on any atom is 0.326 e. The van der Waals surface area contributed by atoms with Crippen molar-refractivity contribution >= 4 is 50.0 Å². The highest BCUT2D eigenvalue weighted by Gasteiger charge is 2.06. The van der Waals surface area contributed by atoms with Crippen LogP contribution in [0, 0.1) is 10.8 Å². The summed E-state index contributed by atoms with van der Waals surface area (Å²) in [6.07, 6.45) is 0. The van der Waals surface area contributed by atoms with Crippen molar-refractivity contribution in [3.05, 3.63) is 37.9 Å². The Morgan fingerprint density at radius 2 is 2.21 bits per heavy atom. The van der Waals surface area contributed by atoms with Crippen LogP contribution >= 0.6 is 22.6 Å². The predicted octanol–water partition coefficient (Wildman–Crippen LogP) is 1.24. The fraction of sp³-hybridized carbons (Fsp3) is 0.111. The summed E-state index contributed by atoms with van der Waals surface area (Å²) in [5, 5.41) is 0.697. The number of halogens is 1. The smallest absolute Gasteiger partial charge is 0.326 e. The molecule has 0 fully saturated rings. The number of benzene rings is 1. The van der Waals surface area contributed by atoms with Crippen molar-refractivity contribution in [2.45, 2.75) is 6.92 Å². The lowest BCUT2D eigenvalue weighted by atomic mass is 10.1. The third kappa shape index (κ3) is 1.49. The molecule has 2 rings (SSSR count). The largest absolute Gasteiger partial charge is 0.402 e. The van der Waals surface area contributed by atoms with Gasteiger partial charge in [0.25, 0.3) is 0 Å². The lowest BCUT2D eigenvalue weighted by molar-refractivity contribution is 1.02. The number of nitrogens with zero attached hydrogens (tertiary/aromatic N) is 2. The van der Waals surface area contributed by atoms with Gasteiger partial charge in [-0.15, -0.1) is 0 Å². The van der Waals surface area contributed by atoms with Gasteiger partial charge in [-0.3, -0.25) is 4.79 Å².